The standard InChI is InChI=1S/C11H17N3O4S/c1-8-10(6-12-13-8)19(16,17)14-5-3-4-9(7-14)11(15)18-2/h6,9H,3-5,7H2,1-2H3,(H,12,13)/t9-/m0/s1. The molecule has 0 bridgehead atoms. The van der Waals surface area contributed by atoms with Gasteiger partial charge in [-0.3, -0.25) is 9.89 Å². The molecule has 1 aromatic heterocycles. The Labute approximate surface area is 112 Å². The van der Waals surface area contributed by atoms with E-state index in [9.17, 15) is 13.2 Å². The molecule has 8 heteroatoms. The molecule has 0 radical (unpaired) electrons. The lowest BCUT2D eigenvalue weighted by Crippen LogP contribution is -2.42. The molecule has 1 aromatic rings. The summed E-state index contributed by atoms with van der Waals surface area (Å²) in [5, 5.41) is 6.34. The molecular weight excluding hydrogens is 270 g/mol. The molecule has 1 aliphatic rings. The second-order valence-corrected chi connectivity index (χ2v) is 6.49. The summed E-state index contributed by atoms with van der Waals surface area (Å²) in [4.78, 5) is 11.7. The van der Waals surface area contributed by atoms with Crippen LogP contribution >= 0.6 is 0 Å². The van der Waals surface area contributed by atoms with E-state index in [2.05, 4.69) is 14.9 Å². The van der Waals surface area contributed by atoms with Gasteiger partial charge in [0, 0.05) is 13.1 Å². The van der Waals surface area contributed by atoms with Crippen LogP contribution in [0.4, 0.5) is 0 Å². The topological polar surface area (TPSA) is 92.4 Å². The van der Waals surface area contributed by atoms with Crippen molar-refractivity contribution in [3.63, 3.8) is 0 Å². The zero-order chi connectivity index (χ0) is 14.0. The van der Waals surface area contributed by atoms with Crippen molar-refractivity contribution in [1.82, 2.24) is 14.5 Å². The first-order chi connectivity index (χ1) is 8.96. The van der Waals surface area contributed by atoms with Gasteiger partial charge in [0.2, 0.25) is 10.0 Å². The van der Waals surface area contributed by atoms with Gasteiger partial charge in [-0.1, -0.05) is 0 Å². The molecule has 0 aliphatic carbocycles. The lowest BCUT2D eigenvalue weighted by molar-refractivity contribution is -0.146. The third-order valence-corrected chi connectivity index (χ3v) is 5.30. The Morgan fingerprint density at radius 1 is 1.58 bits per heavy atom. The number of ether oxygens (including phenoxy) is 1. The van der Waals surface area contributed by atoms with Crippen LogP contribution in [0.15, 0.2) is 11.1 Å². The van der Waals surface area contributed by atoms with Crippen LogP contribution in [0.3, 0.4) is 0 Å². The molecule has 7 nitrogen and oxygen atoms in total. The molecular formula is C11H17N3O4S. The molecule has 1 fully saturated rings. The van der Waals surface area contributed by atoms with Crippen molar-refractivity contribution in [1.29, 1.82) is 0 Å². The summed E-state index contributed by atoms with van der Waals surface area (Å²) >= 11 is 0. The molecule has 1 N–H and O–H groups in total. The second kappa shape index (κ2) is 5.30. The van der Waals surface area contributed by atoms with Crippen molar-refractivity contribution in [2.75, 3.05) is 20.2 Å². The van der Waals surface area contributed by atoms with Gasteiger partial charge in [-0.25, -0.2) is 8.42 Å². The first-order valence-corrected chi connectivity index (χ1v) is 7.48. The highest BCUT2D eigenvalue weighted by Crippen LogP contribution is 2.25. The molecule has 0 unspecified atom stereocenters. The summed E-state index contributed by atoms with van der Waals surface area (Å²) in [5.41, 5.74) is 0.500. The summed E-state index contributed by atoms with van der Waals surface area (Å²) in [6.45, 7) is 2.24. The van der Waals surface area contributed by atoms with Crippen LogP contribution in [0, 0.1) is 12.8 Å². The number of aryl methyl sites for hydroxylation is 1. The van der Waals surface area contributed by atoms with Gasteiger partial charge in [-0.05, 0) is 19.8 Å². The van der Waals surface area contributed by atoms with E-state index >= 15 is 0 Å². The molecule has 0 amide bonds. The van der Waals surface area contributed by atoms with Crippen LogP contribution < -0.4 is 0 Å². The minimum Gasteiger partial charge on any atom is -0.469 e. The summed E-state index contributed by atoms with van der Waals surface area (Å²) in [5.74, 6) is -0.746. The zero-order valence-corrected chi connectivity index (χ0v) is 11.7. The minimum atomic E-state index is -3.59. The number of aromatic amines is 1. The maximum Gasteiger partial charge on any atom is 0.309 e. The number of aromatic nitrogens is 2. The number of methoxy groups -OCH3 is 1. The Hall–Kier alpha value is -1.41. The number of hydrogen-bond donors (Lipinski definition) is 1. The largest absolute Gasteiger partial charge is 0.469 e. The van der Waals surface area contributed by atoms with Gasteiger partial charge in [0.25, 0.3) is 0 Å². The summed E-state index contributed by atoms with van der Waals surface area (Å²) in [6.07, 6.45) is 2.60. The average Bonchev–Trinajstić information content (AvgIpc) is 2.85. The van der Waals surface area contributed by atoms with Crippen LogP contribution in [-0.4, -0.2) is 49.1 Å². The predicted molar refractivity (Wildman–Crippen MR) is 66.8 cm³/mol. The molecule has 1 aliphatic heterocycles. The highest BCUT2D eigenvalue weighted by atomic mass is 32.2. The van der Waals surface area contributed by atoms with Crippen LogP contribution in [0.25, 0.3) is 0 Å². The summed E-state index contributed by atoms with van der Waals surface area (Å²) in [7, 11) is -2.28. The number of sulfonamides is 1. The molecule has 0 saturated carbocycles. The summed E-state index contributed by atoms with van der Waals surface area (Å²) < 4.78 is 30.9. The number of hydrogen-bond acceptors (Lipinski definition) is 5. The van der Waals surface area contributed by atoms with E-state index in [1.54, 1.807) is 6.92 Å². The van der Waals surface area contributed by atoms with Gasteiger partial charge in [0.05, 0.1) is 24.9 Å². The van der Waals surface area contributed by atoms with Crippen molar-refractivity contribution in [2.24, 2.45) is 5.92 Å². The predicted octanol–water partition coefficient (Wildman–Crippen LogP) is 0.292. The van der Waals surface area contributed by atoms with Crippen LogP contribution in [0.2, 0.25) is 0 Å². The SMILES string of the molecule is COC(=O)[C@H]1CCCN(S(=O)(=O)c2cn[nH]c2C)C1. The van der Waals surface area contributed by atoms with Gasteiger partial charge in [0.15, 0.2) is 0 Å². The Morgan fingerprint density at radius 2 is 2.32 bits per heavy atom. The van der Waals surface area contributed by atoms with E-state index < -0.39 is 10.0 Å². The number of H-pyrrole nitrogens is 1. The van der Waals surface area contributed by atoms with Gasteiger partial charge >= 0.3 is 5.97 Å². The number of piperidine rings is 1. The summed E-state index contributed by atoms with van der Waals surface area (Å²) in [6, 6.07) is 0. The maximum absolute atomic E-state index is 12.4. The number of esters is 1. The molecule has 2 rings (SSSR count). The lowest BCUT2D eigenvalue weighted by Gasteiger charge is -2.30. The van der Waals surface area contributed by atoms with E-state index in [1.807, 2.05) is 0 Å². The van der Waals surface area contributed by atoms with E-state index in [0.29, 0.717) is 25.1 Å². The number of rotatable bonds is 3. The normalized spacial score (nSPS) is 21.3. The molecule has 106 valence electrons. The van der Waals surface area contributed by atoms with Crippen molar-refractivity contribution in [3.8, 4) is 0 Å². The van der Waals surface area contributed by atoms with E-state index in [0.717, 1.165) is 0 Å². The fraction of sp³-hybridized carbons (Fsp3) is 0.636. The average molecular weight is 287 g/mol. The number of carbonyl (C=O) groups is 1. The molecule has 19 heavy (non-hydrogen) atoms. The van der Waals surface area contributed by atoms with Crippen molar-refractivity contribution in [2.45, 2.75) is 24.7 Å². The van der Waals surface area contributed by atoms with Gasteiger partial charge in [-0.2, -0.15) is 9.40 Å². The van der Waals surface area contributed by atoms with Gasteiger partial charge in [0.1, 0.15) is 4.90 Å². The van der Waals surface area contributed by atoms with Crippen LogP contribution in [0.1, 0.15) is 18.5 Å². The lowest BCUT2D eigenvalue weighted by atomic mass is 10.0. The zero-order valence-electron chi connectivity index (χ0n) is 10.9. The molecule has 2 heterocycles. The Kier molecular flexibility index (Phi) is 3.91. The van der Waals surface area contributed by atoms with Crippen molar-refractivity contribution in [3.05, 3.63) is 11.9 Å². The Balaban J connectivity index is 2.22. The van der Waals surface area contributed by atoms with E-state index in [-0.39, 0.29) is 23.3 Å². The maximum atomic E-state index is 12.4. The Morgan fingerprint density at radius 3 is 2.89 bits per heavy atom. The quantitative estimate of drug-likeness (QED) is 0.807. The molecule has 1 atom stereocenters. The first kappa shape index (κ1) is 14.0. The second-order valence-electron chi connectivity index (χ2n) is 4.58. The highest BCUT2D eigenvalue weighted by Gasteiger charge is 2.34. The Bertz CT molecular complexity index is 566. The number of nitrogens with zero attached hydrogens (tertiary/aromatic N) is 2. The van der Waals surface area contributed by atoms with E-state index in [4.69, 9.17) is 0 Å². The fourth-order valence-corrected chi connectivity index (χ4v) is 3.90. The molecule has 1 saturated heterocycles. The van der Waals surface area contributed by atoms with Gasteiger partial charge in [-0.15, -0.1) is 0 Å². The number of carbonyl (C=O) groups excluding carboxylic acids is 1. The van der Waals surface area contributed by atoms with Gasteiger partial charge < -0.3 is 4.74 Å². The van der Waals surface area contributed by atoms with Crippen molar-refractivity contribution >= 4 is 16.0 Å². The highest BCUT2D eigenvalue weighted by molar-refractivity contribution is 7.89. The first-order valence-electron chi connectivity index (χ1n) is 6.04. The molecule has 0 spiro atoms. The minimum absolute atomic E-state index is 0.165. The molecule has 0 aromatic carbocycles. The monoisotopic (exact) mass is 287 g/mol. The van der Waals surface area contributed by atoms with Crippen molar-refractivity contribution < 1.29 is 17.9 Å². The third-order valence-electron chi connectivity index (χ3n) is 3.32. The van der Waals surface area contributed by atoms with Crippen LogP contribution in [-0.2, 0) is 19.6 Å². The number of nitrogens with one attached hydrogen (secondary N) is 1. The van der Waals surface area contributed by atoms with E-state index in [1.165, 1.54) is 17.6 Å². The smallest absolute Gasteiger partial charge is 0.309 e. The van der Waals surface area contributed by atoms with Crippen LogP contribution in [0.5, 0.6) is 0 Å². The third kappa shape index (κ3) is 2.64. The fourth-order valence-electron chi connectivity index (χ4n) is 2.26.